The summed E-state index contributed by atoms with van der Waals surface area (Å²) in [5, 5.41) is 20.0. The maximum atomic E-state index is 14.4. The average molecular weight is 2330 g/mol. The van der Waals surface area contributed by atoms with Gasteiger partial charge in [0.1, 0.15) is 51.6 Å². The van der Waals surface area contributed by atoms with Crippen LogP contribution in [0.3, 0.4) is 0 Å². The first-order valence-corrected chi connectivity index (χ1v) is 56.3. The number of carbonyl (C=O) groups excluding carboxylic acids is 1. The number of aromatic nitrogens is 13. The molecule has 19 nitrogen and oxygen atoms in total. The normalized spacial score (nSPS) is 13.3. The summed E-state index contributed by atoms with van der Waals surface area (Å²) in [5.74, 6) is -2.27. The molecule has 0 spiro atoms. The first kappa shape index (κ1) is 106. The number of pyridine rings is 8. The Hall–Kier alpha value is -8.79. The quantitative estimate of drug-likeness (QED) is 0.0374. The molecule has 12 heterocycles. The Morgan fingerprint density at radius 3 is 1.35 bits per heavy atom. The Morgan fingerprint density at radius 1 is 0.425 bits per heavy atom. The van der Waals surface area contributed by atoms with E-state index in [2.05, 4.69) is 336 Å². The summed E-state index contributed by atoms with van der Waals surface area (Å²) in [6.45, 7) is 42.5. The molecule has 35 heteroatoms. The zero-order valence-corrected chi connectivity index (χ0v) is 91.9. The van der Waals surface area contributed by atoms with Crippen molar-refractivity contribution < 1.29 is 36.1 Å². The van der Waals surface area contributed by atoms with Gasteiger partial charge in [-0.05, 0) is 206 Å². The number of rotatable bonds is 17. The van der Waals surface area contributed by atoms with Gasteiger partial charge in [0.15, 0.2) is 30.5 Å². The molecular formula is C99H109Br7F6N16O3Si3. The molecule has 134 heavy (non-hydrogen) atoms. The van der Waals surface area contributed by atoms with Crippen LogP contribution in [0.25, 0.3) is 62.3 Å². The van der Waals surface area contributed by atoms with Gasteiger partial charge in [0.05, 0.1) is 96.0 Å². The highest BCUT2D eigenvalue weighted by Gasteiger charge is 2.49. The molecule has 0 bridgehead atoms. The fraction of sp³-hybridized carbons (Fsp3) is 0.333. The van der Waals surface area contributed by atoms with Gasteiger partial charge in [0.2, 0.25) is 0 Å². The van der Waals surface area contributed by atoms with E-state index in [0.717, 1.165) is 50.0 Å². The molecule has 0 fully saturated rings. The predicted molar refractivity (Wildman–Crippen MR) is 560 cm³/mol. The Balaban J connectivity index is 0.000000150. The number of nitrogens with zero attached hydrogens (tertiary/aromatic N) is 14. The maximum absolute atomic E-state index is 14.4. The summed E-state index contributed by atoms with van der Waals surface area (Å²) in [5.41, 5.74) is 22.4. The Labute approximate surface area is 840 Å². The molecule has 0 unspecified atom stereocenters. The lowest BCUT2D eigenvalue weighted by Gasteiger charge is -2.44. The van der Waals surface area contributed by atoms with E-state index < -0.39 is 41.3 Å². The van der Waals surface area contributed by atoms with E-state index in [0.29, 0.717) is 151 Å². The van der Waals surface area contributed by atoms with Crippen LogP contribution in [-0.4, -0.2) is 97.9 Å². The molecule has 0 atom stereocenters. The second-order valence-electron chi connectivity index (χ2n) is 35.8. The van der Waals surface area contributed by atoms with Crippen LogP contribution in [-0.2, 0) is 38.6 Å². The van der Waals surface area contributed by atoms with E-state index in [-0.39, 0.29) is 49.4 Å². The summed E-state index contributed by atoms with van der Waals surface area (Å²) >= 11 is 22.5. The van der Waals surface area contributed by atoms with Crippen LogP contribution in [0.1, 0.15) is 197 Å². The Bertz CT molecular complexity index is 6460. The summed E-state index contributed by atoms with van der Waals surface area (Å²) in [6.07, 6.45) is 38.1. The third-order valence-electron chi connectivity index (χ3n) is 25.6. The number of allylic oxidation sites excluding steroid dienone is 5. The van der Waals surface area contributed by atoms with E-state index in [1.165, 1.54) is 59.8 Å². The van der Waals surface area contributed by atoms with E-state index in [9.17, 15) is 41.3 Å². The van der Waals surface area contributed by atoms with Crippen LogP contribution in [0, 0.1) is 45.0 Å². The van der Waals surface area contributed by atoms with Gasteiger partial charge in [0, 0.05) is 131 Å². The molecule has 0 saturated carbocycles. The molecule has 1 amide bonds. The zero-order valence-electron chi connectivity index (χ0n) is 77.8. The number of halogens is 13. The molecule has 0 radical (unpaired) electrons. The number of fused-ring (bicyclic) bond motifs is 8. The molecular weight excluding hydrogens is 2220 g/mol. The second-order valence-corrected chi connectivity index (χ2v) is 58.9. The standard InChI is InChI=1S/C19H14BrFN4O.C16H24BrFN2Si.C16H25BrN2Si.C16H25FN2Si.C8H4BrFN2O2.C8H6BrFN2.C8H5BrFN.C8H6BrN/c20-14-9-22-15-6-7-16(17(15)18(14)21)24-19(26)13-8-23-25(11-13)10-12-4-2-1-3-5-12;1-10(2)21(11(3)4,12(5)6)20-8-7-13-15(18)14(17)9-19-16(13)20;2*1-11(2)20(12(3)4,13(5)6)19-10-8-14-15(17)7-9-18-16(14)19;9-4-3-11-5-1-2-6(12(13)14)7(5)8(4)10;9-4-3-12-6-2-1-5(11)7(6)8(4)10;9-6-4-11-7-3-1-2-5(7)8(6)10;9-7-4-5-10-8-3-1-2-6(7)8/h1-5,7-9,11H,6,10H2,(H,24,26);7-12H,1-6H3;2*7-13H,1-6H3;2-3H,1H2;1,3H,2,11H2;1-2,4H,3H2;1-2,4-5H,3H2. The number of hydrogen-bond acceptors (Lipinski definition) is 13. The summed E-state index contributed by atoms with van der Waals surface area (Å²) in [6, 6.07) is 21.2. The van der Waals surface area contributed by atoms with Crippen molar-refractivity contribution in [3.8, 4) is 0 Å². The molecule has 12 aromatic heterocycles. The predicted octanol–water partition coefficient (Wildman–Crippen LogP) is 29.5. The van der Waals surface area contributed by atoms with Crippen molar-refractivity contribution in [2.75, 3.05) is 0 Å². The van der Waals surface area contributed by atoms with E-state index in [1.54, 1.807) is 41.5 Å². The molecule has 706 valence electrons. The minimum absolute atomic E-state index is 0.00405. The van der Waals surface area contributed by atoms with Crippen molar-refractivity contribution in [3.63, 3.8) is 0 Å². The highest BCUT2D eigenvalue weighted by Crippen LogP contribution is 2.48. The van der Waals surface area contributed by atoms with Gasteiger partial charge in [-0.3, -0.25) is 44.5 Å². The van der Waals surface area contributed by atoms with Crippen LogP contribution >= 0.6 is 112 Å². The number of nitrogens with one attached hydrogen (secondary N) is 1. The first-order chi connectivity index (χ1) is 63.5. The number of benzene rings is 1. The summed E-state index contributed by atoms with van der Waals surface area (Å²) in [4.78, 5) is 56.6. The molecule has 0 saturated heterocycles. The SMILES string of the molecule is Brc1ccnc2c1C=CC2.CC(C)[Si](C(C)C)(C(C)C)n1ccc2c(Br)ccnc21.CC(C)[Si](C(C)C)(C(C)C)n1ccc2c(F)c(Br)cnc21.CC(C)[Si](C(C)C)(C(C)C)n1ccc2c(F)ccnc21.Fc1c(Br)cnc2c1C=CC2.NC1=CCc2ncc(Br)c(F)c21.O=C(NC1=CCc2ncc(Br)c(F)c21)c1cnn(Cc2ccccc2)c1.O=[N+]([O-])C1=CCc2ncc(Br)c(F)c21. The van der Waals surface area contributed by atoms with Crippen LogP contribution < -0.4 is 11.1 Å². The van der Waals surface area contributed by atoms with E-state index in [1.807, 2.05) is 73.1 Å². The second kappa shape index (κ2) is 45.7. The fourth-order valence-corrected chi connectivity index (χ4v) is 42.3. The van der Waals surface area contributed by atoms with Crippen LogP contribution in [0.2, 0.25) is 49.9 Å². The first-order valence-electron chi connectivity index (χ1n) is 44.2. The average Bonchev–Trinajstić information content (AvgIpc) is 1.55. The van der Waals surface area contributed by atoms with Crippen LogP contribution in [0.5, 0.6) is 0 Å². The van der Waals surface area contributed by atoms with Gasteiger partial charge in [-0.15, -0.1) is 0 Å². The zero-order chi connectivity index (χ0) is 98.0. The van der Waals surface area contributed by atoms with Gasteiger partial charge in [-0.1, -0.05) is 207 Å². The molecule has 5 aliphatic rings. The lowest BCUT2D eigenvalue weighted by Crippen LogP contribution is -2.51. The molecule has 13 aromatic rings. The number of nitro groups is 1. The molecule has 5 aliphatic carbocycles. The van der Waals surface area contributed by atoms with Gasteiger partial charge in [-0.25, -0.2) is 41.3 Å². The third kappa shape index (κ3) is 22.0. The lowest BCUT2D eigenvalue weighted by atomic mass is 10.2. The minimum atomic E-state index is -1.88. The monoisotopic (exact) mass is 2320 g/mol. The number of nitrogens with two attached hydrogens (primary N) is 1. The van der Waals surface area contributed by atoms with Crippen molar-refractivity contribution in [2.24, 2.45) is 5.73 Å². The number of carbonyl (C=O) groups is 1. The van der Waals surface area contributed by atoms with E-state index >= 15 is 0 Å². The van der Waals surface area contributed by atoms with Crippen molar-refractivity contribution in [1.29, 1.82) is 0 Å². The summed E-state index contributed by atoms with van der Waals surface area (Å²) < 4.78 is 95.5. The van der Waals surface area contributed by atoms with Crippen molar-refractivity contribution >= 4 is 204 Å². The third-order valence-corrected chi connectivity index (χ3v) is 49.9. The number of amides is 1. The largest absolute Gasteiger partial charge is 0.398 e. The van der Waals surface area contributed by atoms with Crippen molar-refractivity contribution in [2.45, 2.75) is 213 Å². The smallest absolute Gasteiger partial charge is 0.277 e. The van der Waals surface area contributed by atoms with Gasteiger partial charge >= 0.3 is 0 Å². The van der Waals surface area contributed by atoms with Crippen molar-refractivity contribution in [1.82, 2.24) is 67.7 Å². The molecule has 18 rings (SSSR count). The minimum Gasteiger partial charge on any atom is -0.398 e. The lowest BCUT2D eigenvalue weighted by molar-refractivity contribution is -0.375. The summed E-state index contributed by atoms with van der Waals surface area (Å²) in [7, 11) is -5.44. The van der Waals surface area contributed by atoms with Crippen LogP contribution in [0.4, 0.5) is 26.3 Å². The van der Waals surface area contributed by atoms with Crippen molar-refractivity contribution in [3.05, 3.63) is 321 Å². The fourth-order valence-electron chi connectivity index (χ4n) is 20.2. The highest BCUT2D eigenvalue weighted by atomic mass is 79.9. The van der Waals surface area contributed by atoms with Gasteiger partial charge < -0.3 is 23.7 Å². The maximum Gasteiger partial charge on any atom is 0.277 e. The van der Waals surface area contributed by atoms with Gasteiger partial charge in [0.25, 0.3) is 11.6 Å². The molecule has 3 N–H and O–H groups in total. The number of hydrogen-bond donors (Lipinski definition) is 2. The molecule has 0 aliphatic heterocycles. The van der Waals surface area contributed by atoms with E-state index in [4.69, 9.17) is 5.73 Å². The highest BCUT2D eigenvalue weighted by molar-refractivity contribution is 9.11. The Morgan fingerprint density at radius 2 is 0.828 bits per heavy atom. The van der Waals surface area contributed by atoms with Gasteiger partial charge in [-0.2, -0.15) is 5.10 Å². The topological polar surface area (TPSA) is 234 Å². The molecule has 1 aromatic carbocycles. The Kier molecular flexibility index (Phi) is 36.0. The van der Waals surface area contributed by atoms with Crippen LogP contribution in [0.15, 0.2) is 209 Å².